The summed E-state index contributed by atoms with van der Waals surface area (Å²) in [6, 6.07) is 16.0. The smallest absolute Gasteiger partial charge is 0.234 e. The van der Waals surface area contributed by atoms with Gasteiger partial charge in [0, 0.05) is 12.7 Å². The van der Waals surface area contributed by atoms with Gasteiger partial charge < -0.3 is 9.88 Å². The van der Waals surface area contributed by atoms with Gasteiger partial charge in [0.25, 0.3) is 0 Å². The number of hydrogen-bond acceptors (Lipinski definition) is 3. The Bertz CT molecular complexity index is 887. The van der Waals surface area contributed by atoms with Crippen molar-refractivity contribution in [3.05, 3.63) is 65.9 Å². The molecule has 5 heteroatoms. The molecule has 0 bridgehead atoms. The molecule has 0 spiro atoms. The zero-order valence-electron chi connectivity index (χ0n) is 14.6. The fraction of sp³-hybridized carbons (Fsp3) is 0.200. The number of nitrogens with one attached hydrogen (secondary N) is 1. The summed E-state index contributed by atoms with van der Waals surface area (Å²) < 4.78 is 2.02. The van der Waals surface area contributed by atoms with Gasteiger partial charge >= 0.3 is 0 Å². The van der Waals surface area contributed by atoms with Gasteiger partial charge in [-0.15, -0.1) is 0 Å². The SMILES string of the molecule is Cc1cccc(NC(=O)CSc2ncc(-c3ccccc3)n2C)c1C. The largest absolute Gasteiger partial charge is 0.325 e. The van der Waals surface area contributed by atoms with E-state index in [1.165, 1.54) is 17.3 Å². The van der Waals surface area contributed by atoms with Gasteiger partial charge in [-0.1, -0.05) is 54.2 Å². The molecule has 3 rings (SSSR count). The van der Waals surface area contributed by atoms with E-state index in [9.17, 15) is 4.79 Å². The van der Waals surface area contributed by atoms with Gasteiger partial charge in [0.2, 0.25) is 5.91 Å². The van der Waals surface area contributed by atoms with Gasteiger partial charge in [-0.2, -0.15) is 0 Å². The Labute approximate surface area is 152 Å². The molecular formula is C20H21N3OS. The van der Waals surface area contributed by atoms with E-state index >= 15 is 0 Å². The van der Waals surface area contributed by atoms with Crippen molar-refractivity contribution < 1.29 is 4.79 Å². The number of rotatable bonds is 5. The Kier molecular flexibility index (Phi) is 5.24. The van der Waals surface area contributed by atoms with Gasteiger partial charge in [-0.05, 0) is 36.6 Å². The average molecular weight is 351 g/mol. The van der Waals surface area contributed by atoms with Crippen LogP contribution in [0.15, 0.2) is 59.9 Å². The molecule has 0 saturated heterocycles. The van der Waals surface area contributed by atoms with Crippen LogP contribution in [0.3, 0.4) is 0 Å². The molecule has 1 heterocycles. The summed E-state index contributed by atoms with van der Waals surface area (Å²) in [6.45, 7) is 4.06. The van der Waals surface area contributed by atoms with Gasteiger partial charge in [-0.25, -0.2) is 4.98 Å². The monoisotopic (exact) mass is 351 g/mol. The predicted octanol–water partition coefficient (Wildman–Crippen LogP) is 4.43. The molecule has 1 aromatic heterocycles. The number of aryl methyl sites for hydroxylation is 1. The van der Waals surface area contributed by atoms with Crippen molar-refractivity contribution >= 4 is 23.4 Å². The highest BCUT2D eigenvalue weighted by Crippen LogP contribution is 2.25. The van der Waals surface area contributed by atoms with Crippen LogP contribution in [0.4, 0.5) is 5.69 Å². The fourth-order valence-electron chi connectivity index (χ4n) is 2.61. The molecule has 0 aliphatic rings. The first-order chi connectivity index (χ1) is 12.1. The molecule has 128 valence electrons. The maximum atomic E-state index is 12.3. The van der Waals surface area contributed by atoms with Crippen molar-refractivity contribution in [1.82, 2.24) is 9.55 Å². The first-order valence-electron chi connectivity index (χ1n) is 8.12. The number of benzene rings is 2. The van der Waals surface area contributed by atoms with Crippen molar-refractivity contribution in [3.8, 4) is 11.3 Å². The van der Waals surface area contributed by atoms with Crippen LogP contribution in [-0.2, 0) is 11.8 Å². The number of anilines is 1. The number of nitrogens with zero attached hydrogens (tertiary/aromatic N) is 2. The van der Waals surface area contributed by atoms with Crippen LogP contribution in [0.1, 0.15) is 11.1 Å². The zero-order valence-corrected chi connectivity index (χ0v) is 15.4. The minimum atomic E-state index is -0.0250. The topological polar surface area (TPSA) is 46.9 Å². The molecule has 25 heavy (non-hydrogen) atoms. The highest BCUT2D eigenvalue weighted by molar-refractivity contribution is 7.99. The van der Waals surface area contributed by atoms with E-state index in [0.29, 0.717) is 5.75 Å². The lowest BCUT2D eigenvalue weighted by Crippen LogP contribution is -2.15. The van der Waals surface area contributed by atoms with Crippen molar-refractivity contribution in [1.29, 1.82) is 0 Å². The quantitative estimate of drug-likeness (QED) is 0.692. The molecule has 0 unspecified atom stereocenters. The molecule has 2 aromatic carbocycles. The Morgan fingerprint density at radius 1 is 1.12 bits per heavy atom. The average Bonchev–Trinajstić information content (AvgIpc) is 2.99. The second-order valence-electron chi connectivity index (χ2n) is 5.94. The number of carbonyl (C=O) groups excluding carboxylic acids is 1. The number of imidazole rings is 1. The van der Waals surface area contributed by atoms with Crippen LogP contribution >= 0.6 is 11.8 Å². The Morgan fingerprint density at radius 2 is 1.88 bits per heavy atom. The van der Waals surface area contributed by atoms with E-state index in [2.05, 4.69) is 22.4 Å². The lowest BCUT2D eigenvalue weighted by molar-refractivity contribution is -0.113. The first-order valence-corrected chi connectivity index (χ1v) is 9.11. The summed E-state index contributed by atoms with van der Waals surface area (Å²) in [6.07, 6.45) is 1.85. The molecule has 0 radical (unpaired) electrons. The lowest BCUT2D eigenvalue weighted by atomic mass is 10.1. The summed E-state index contributed by atoms with van der Waals surface area (Å²) in [7, 11) is 1.97. The Balaban J connectivity index is 1.65. The van der Waals surface area contributed by atoms with Crippen molar-refractivity contribution in [3.63, 3.8) is 0 Å². The lowest BCUT2D eigenvalue weighted by Gasteiger charge is -2.10. The Morgan fingerprint density at radius 3 is 2.64 bits per heavy atom. The number of amides is 1. The minimum absolute atomic E-state index is 0.0250. The molecule has 0 fully saturated rings. The fourth-order valence-corrected chi connectivity index (χ4v) is 3.36. The third-order valence-electron chi connectivity index (χ3n) is 4.23. The summed E-state index contributed by atoms with van der Waals surface area (Å²) in [5.41, 5.74) is 5.30. The molecule has 0 aliphatic heterocycles. The van der Waals surface area contributed by atoms with E-state index in [-0.39, 0.29) is 5.91 Å². The van der Waals surface area contributed by atoms with Crippen molar-refractivity contribution in [2.24, 2.45) is 7.05 Å². The van der Waals surface area contributed by atoms with Gasteiger partial charge in [0.15, 0.2) is 5.16 Å². The van der Waals surface area contributed by atoms with Gasteiger partial charge in [0.1, 0.15) is 0 Å². The van der Waals surface area contributed by atoms with Gasteiger partial charge in [0.05, 0.1) is 17.6 Å². The number of thioether (sulfide) groups is 1. The molecule has 0 saturated carbocycles. The van der Waals surface area contributed by atoms with Crippen LogP contribution in [0.25, 0.3) is 11.3 Å². The van der Waals surface area contributed by atoms with E-state index in [0.717, 1.165) is 27.7 Å². The highest BCUT2D eigenvalue weighted by Gasteiger charge is 2.12. The molecule has 0 atom stereocenters. The van der Waals surface area contributed by atoms with Crippen molar-refractivity contribution in [2.45, 2.75) is 19.0 Å². The normalized spacial score (nSPS) is 10.7. The number of carbonyl (C=O) groups is 1. The van der Waals surface area contributed by atoms with E-state index < -0.39 is 0 Å². The first kappa shape index (κ1) is 17.3. The molecule has 0 aliphatic carbocycles. The molecule has 4 nitrogen and oxygen atoms in total. The molecule has 3 aromatic rings. The summed E-state index contributed by atoms with van der Waals surface area (Å²) in [5.74, 6) is 0.301. The molecule has 1 N–H and O–H groups in total. The minimum Gasteiger partial charge on any atom is -0.325 e. The zero-order chi connectivity index (χ0) is 17.8. The standard InChI is InChI=1S/C20H21N3OS/c1-14-8-7-11-17(15(14)2)22-19(24)13-25-20-21-12-18(23(20)3)16-9-5-4-6-10-16/h4-12H,13H2,1-3H3,(H,22,24). The maximum absolute atomic E-state index is 12.3. The number of hydrogen-bond donors (Lipinski definition) is 1. The Hall–Kier alpha value is -2.53. The van der Waals surface area contributed by atoms with Crippen LogP contribution in [0.2, 0.25) is 0 Å². The van der Waals surface area contributed by atoms with Crippen molar-refractivity contribution in [2.75, 3.05) is 11.1 Å². The molecular weight excluding hydrogens is 330 g/mol. The second kappa shape index (κ2) is 7.57. The van der Waals surface area contributed by atoms with Crippen LogP contribution in [0.5, 0.6) is 0 Å². The summed E-state index contributed by atoms with van der Waals surface area (Å²) in [4.78, 5) is 16.7. The summed E-state index contributed by atoms with van der Waals surface area (Å²) >= 11 is 1.44. The highest BCUT2D eigenvalue weighted by atomic mass is 32.2. The van der Waals surface area contributed by atoms with E-state index in [1.54, 1.807) is 0 Å². The van der Waals surface area contributed by atoms with Crippen LogP contribution < -0.4 is 5.32 Å². The van der Waals surface area contributed by atoms with E-state index in [1.807, 2.05) is 68.1 Å². The maximum Gasteiger partial charge on any atom is 0.234 e. The second-order valence-corrected chi connectivity index (χ2v) is 6.88. The molecule has 1 amide bonds. The third-order valence-corrected chi connectivity index (χ3v) is 5.27. The van der Waals surface area contributed by atoms with E-state index in [4.69, 9.17) is 0 Å². The summed E-state index contributed by atoms with van der Waals surface area (Å²) in [5, 5.41) is 3.81. The van der Waals surface area contributed by atoms with Gasteiger partial charge in [-0.3, -0.25) is 4.79 Å². The predicted molar refractivity (Wildman–Crippen MR) is 104 cm³/mol. The van der Waals surface area contributed by atoms with Crippen LogP contribution in [-0.4, -0.2) is 21.2 Å². The third kappa shape index (κ3) is 3.94. The number of aromatic nitrogens is 2. The van der Waals surface area contributed by atoms with Crippen LogP contribution in [0, 0.1) is 13.8 Å².